The normalized spacial score (nSPS) is 11.4. The number of ether oxygens (including phenoxy) is 1. The van der Waals surface area contributed by atoms with Crippen molar-refractivity contribution in [3.63, 3.8) is 0 Å². The fourth-order valence-electron chi connectivity index (χ4n) is 1.54. The fraction of sp³-hybridized carbons (Fsp3) is 0.167. The molecule has 0 radical (unpaired) electrons. The molecule has 18 heavy (non-hydrogen) atoms. The Hall–Kier alpha value is -2.50. The zero-order valence-corrected chi connectivity index (χ0v) is 9.73. The molecule has 0 unspecified atom stereocenters. The lowest BCUT2D eigenvalue weighted by Crippen LogP contribution is -2.16. The average Bonchev–Trinajstić information content (AvgIpc) is 2.92. The number of rotatable bonds is 5. The van der Waals surface area contributed by atoms with Crippen LogP contribution in [-0.4, -0.2) is 27.2 Å². The van der Waals surface area contributed by atoms with Gasteiger partial charge in [-0.15, -0.1) is 0 Å². The van der Waals surface area contributed by atoms with Crippen LogP contribution in [0.4, 0.5) is 0 Å². The Bertz CT molecular complexity index is 523. The monoisotopic (exact) mass is 246 g/mol. The lowest BCUT2D eigenvalue weighted by atomic mass is 10.2. The van der Waals surface area contributed by atoms with Crippen molar-refractivity contribution < 1.29 is 9.94 Å². The molecule has 0 saturated heterocycles. The van der Waals surface area contributed by atoms with Crippen LogP contribution in [0.5, 0.6) is 5.75 Å². The van der Waals surface area contributed by atoms with E-state index in [1.54, 1.807) is 30.7 Å². The zero-order chi connectivity index (χ0) is 12.8. The summed E-state index contributed by atoms with van der Waals surface area (Å²) in [5.74, 6) is 0.626. The first-order chi connectivity index (χ1) is 8.81. The standard InChI is InChI=1S/C12H14N4O2/c13-12(15-17)10-3-1-2-4-11(10)18-8-7-16-6-5-14-9-16/h1-6,9,17H,7-8H2,(H2,13,15). The summed E-state index contributed by atoms with van der Waals surface area (Å²) in [6, 6.07) is 7.15. The number of nitrogens with zero attached hydrogens (tertiary/aromatic N) is 3. The van der Waals surface area contributed by atoms with Gasteiger partial charge in [-0.25, -0.2) is 4.98 Å². The highest BCUT2D eigenvalue weighted by molar-refractivity contribution is 5.99. The van der Waals surface area contributed by atoms with Gasteiger partial charge in [-0.05, 0) is 12.1 Å². The number of hydrogen-bond acceptors (Lipinski definition) is 4. The maximum atomic E-state index is 8.68. The van der Waals surface area contributed by atoms with E-state index in [1.165, 1.54) is 0 Å². The van der Waals surface area contributed by atoms with E-state index in [-0.39, 0.29) is 5.84 Å². The van der Waals surface area contributed by atoms with Crippen LogP contribution in [0, 0.1) is 0 Å². The molecule has 0 aliphatic carbocycles. The van der Waals surface area contributed by atoms with E-state index in [1.807, 2.05) is 16.8 Å². The lowest BCUT2D eigenvalue weighted by molar-refractivity contribution is 0.296. The van der Waals surface area contributed by atoms with Crippen molar-refractivity contribution in [1.29, 1.82) is 0 Å². The lowest BCUT2D eigenvalue weighted by Gasteiger charge is -2.10. The first kappa shape index (κ1) is 12.0. The number of hydrogen-bond donors (Lipinski definition) is 2. The molecule has 0 spiro atoms. The number of para-hydroxylation sites is 1. The van der Waals surface area contributed by atoms with Crippen LogP contribution in [0.3, 0.4) is 0 Å². The minimum atomic E-state index is 0.0354. The molecule has 0 fully saturated rings. The molecule has 0 amide bonds. The van der Waals surface area contributed by atoms with E-state index in [0.717, 1.165) is 0 Å². The van der Waals surface area contributed by atoms with Gasteiger partial charge in [0, 0.05) is 12.4 Å². The highest BCUT2D eigenvalue weighted by Crippen LogP contribution is 2.17. The van der Waals surface area contributed by atoms with Crippen molar-refractivity contribution in [3.8, 4) is 5.75 Å². The average molecular weight is 246 g/mol. The summed E-state index contributed by atoms with van der Waals surface area (Å²) in [7, 11) is 0. The third-order valence-corrected chi connectivity index (χ3v) is 2.44. The summed E-state index contributed by atoms with van der Waals surface area (Å²) >= 11 is 0. The molecule has 2 aromatic rings. The molecule has 3 N–H and O–H groups in total. The number of amidine groups is 1. The largest absolute Gasteiger partial charge is 0.491 e. The molecule has 2 rings (SSSR count). The van der Waals surface area contributed by atoms with Crippen molar-refractivity contribution >= 4 is 5.84 Å². The van der Waals surface area contributed by atoms with Gasteiger partial charge in [-0.2, -0.15) is 0 Å². The van der Waals surface area contributed by atoms with Gasteiger partial charge in [0.05, 0.1) is 18.4 Å². The van der Waals surface area contributed by atoms with Crippen molar-refractivity contribution in [1.82, 2.24) is 9.55 Å². The van der Waals surface area contributed by atoms with Crippen molar-refractivity contribution in [2.75, 3.05) is 6.61 Å². The molecule has 0 aliphatic rings. The summed E-state index contributed by atoms with van der Waals surface area (Å²) in [4.78, 5) is 3.94. The Kier molecular flexibility index (Phi) is 3.80. The van der Waals surface area contributed by atoms with Crippen LogP contribution >= 0.6 is 0 Å². The predicted molar refractivity (Wildman–Crippen MR) is 66.7 cm³/mol. The molecule has 1 heterocycles. The number of imidazole rings is 1. The third kappa shape index (κ3) is 2.79. The summed E-state index contributed by atoms with van der Waals surface area (Å²) in [6.45, 7) is 1.16. The van der Waals surface area contributed by atoms with E-state index in [4.69, 9.17) is 15.7 Å². The van der Waals surface area contributed by atoms with Gasteiger partial charge >= 0.3 is 0 Å². The highest BCUT2D eigenvalue weighted by Gasteiger charge is 2.06. The molecule has 1 aromatic heterocycles. The molecule has 0 saturated carbocycles. The molecule has 94 valence electrons. The summed E-state index contributed by atoms with van der Waals surface area (Å²) in [5.41, 5.74) is 6.14. The van der Waals surface area contributed by atoms with Gasteiger partial charge in [-0.1, -0.05) is 17.3 Å². The summed E-state index contributed by atoms with van der Waals surface area (Å²) in [6.07, 6.45) is 5.29. The Morgan fingerprint density at radius 1 is 1.44 bits per heavy atom. The maximum Gasteiger partial charge on any atom is 0.173 e. The first-order valence-electron chi connectivity index (χ1n) is 5.46. The molecular formula is C12H14N4O2. The smallest absolute Gasteiger partial charge is 0.173 e. The van der Waals surface area contributed by atoms with Crippen LogP contribution in [-0.2, 0) is 6.54 Å². The Morgan fingerprint density at radius 2 is 2.28 bits per heavy atom. The number of oxime groups is 1. The van der Waals surface area contributed by atoms with E-state index < -0.39 is 0 Å². The quantitative estimate of drug-likeness (QED) is 0.357. The van der Waals surface area contributed by atoms with Gasteiger partial charge in [0.2, 0.25) is 0 Å². The number of benzene rings is 1. The number of aromatic nitrogens is 2. The minimum absolute atomic E-state index is 0.0354. The zero-order valence-electron chi connectivity index (χ0n) is 9.73. The second-order valence-corrected chi connectivity index (χ2v) is 3.63. The fourth-order valence-corrected chi connectivity index (χ4v) is 1.54. The predicted octanol–water partition coefficient (Wildman–Crippen LogP) is 1.06. The maximum absolute atomic E-state index is 8.68. The van der Waals surface area contributed by atoms with Gasteiger partial charge in [-0.3, -0.25) is 0 Å². The van der Waals surface area contributed by atoms with E-state index in [0.29, 0.717) is 24.5 Å². The van der Waals surface area contributed by atoms with E-state index in [2.05, 4.69) is 10.1 Å². The van der Waals surface area contributed by atoms with Gasteiger partial charge in [0.1, 0.15) is 12.4 Å². The molecule has 0 aliphatic heterocycles. The SMILES string of the molecule is NC(=NO)c1ccccc1OCCn1ccnc1. The van der Waals surface area contributed by atoms with Crippen molar-refractivity contribution in [3.05, 3.63) is 48.5 Å². The van der Waals surface area contributed by atoms with E-state index in [9.17, 15) is 0 Å². The van der Waals surface area contributed by atoms with Crippen LogP contribution in [0.15, 0.2) is 48.1 Å². The van der Waals surface area contributed by atoms with Gasteiger partial charge < -0.3 is 20.2 Å². The van der Waals surface area contributed by atoms with Crippen molar-refractivity contribution in [2.24, 2.45) is 10.9 Å². The Balaban J connectivity index is 2.01. The van der Waals surface area contributed by atoms with Crippen LogP contribution in [0.1, 0.15) is 5.56 Å². The second-order valence-electron chi connectivity index (χ2n) is 3.63. The molecule has 6 heteroatoms. The Morgan fingerprint density at radius 3 is 3.00 bits per heavy atom. The topological polar surface area (TPSA) is 85.7 Å². The second kappa shape index (κ2) is 5.72. The molecule has 0 bridgehead atoms. The number of nitrogens with two attached hydrogens (primary N) is 1. The molecule has 1 aromatic carbocycles. The Labute approximate surface area is 104 Å². The summed E-state index contributed by atoms with van der Waals surface area (Å²) in [5, 5.41) is 11.7. The minimum Gasteiger partial charge on any atom is -0.491 e. The van der Waals surface area contributed by atoms with Gasteiger partial charge in [0.15, 0.2) is 5.84 Å². The van der Waals surface area contributed by atoms with E-state index >= 15 is 0 Å². The first-order valence-corrected chi connectivity index (χ1v) is 5.46. The molecule has 0 atom stereocenters. The molecular weight excluding hydrogens is 232 g/mol. The van der Waals surface area contributed by atoms with Crippen LogP contribution in [0.25, 0.3) is 0 Å². The molecule has 6 nitrogen and oxygen atoms in total. The third-order valence-electron chi connectivity index (χ3n) is 2.44. The van der Waals surface area contributed by atoms with Crippen molar-refractivity contribution in [2.45, 2.75) is 6.54 Å². The van der Waals surface area contributed by atoms with Gasteiger partial charge in [0.25, 0.3) is 0 Å². The van der Waals surface area contributed by atoms with Crippen LogP contribution < -0.4 is 10.5 Å². The van der Waals surface area contributed by atoms with Crippen LogP contribution in [0.2, 0.25) is 0 Å². The summed E-state index contributed by atoms with van der Waals surface area (Å²) < 4.78 is 7.52. The highest BCUT2D eigenvalue weighted by atomic mass is 16.5.